The largest absolute Gasteiger partial charge is 0.492 e. The van der Waals surface area contributed by atoms with Crippen LogP contribution in [0.2, 0.25) is 5.02 Å². The van der Waals surface area contributed by atoms with Crippen LogP contribution in [0.25, 0.3) is 0 Å². The summed E-state index contributed by atoms with van der Waals surface area (Å²) in [5.74, 6) is 0.475. The van der Waals surface area contributed by atoms with Gasteiger partial charge in [-0.3, -0.25) is 0 Å². The van der Waals surface area contributed by atoms with Gasteiger partial charge in [0.15, 0.2) is 0 Å². The lowest BCUT2D eigenvalue weighted by atomic mass is 10.3. The molecule has 0 aliphatic heterocycles. The molecule has 2 N–H and O–H groups in total. The molecule has 6 heteroatoms. The number of nitrogens with two attached hydrogens (primary N) is 1. The van der Waals surface area contributed by atoms with E-state index in [2.05, 4.69) is 6.92 Å². The van der Waals surface area contributed by atoms with Crippen LogP contribution < -0.4 is 9.88 Å². The Bertz CT molecular complexity index is 459. The summed E-state index contributed by atoms with van der Waals surface area (Å²) < 4.78 is 27.4. The van der Waals surface area contributed by atoms with Crippen LogP contribution in [-0.4, -0.2) is 15.0 Å². The lowest BCUT2D eigenvalue weighted by molar-refractivity contribution is 0.309. The summed E-state index contributed by atoms with van der Waals surface area (Å²) in [6, 6.07) is 4.18. The first-order valence-corrected chi connectivity index (χ1v) is 6.82. The zero-order chi connectivity index (χ0) is 12.2. The first-order valence-electron chi connectivity index (χ1n) is 4.90. The fraction of sp³-hybridized carbons (Fsp3) is 0.400. The third-order valence-corrected chi connectivity index (χ3v) is 3.19. The minimum Gasteiger partial charge on any atom is -0.492 e. The van der Waals surface area contributed by atoms with Gasteiger partial charge in [0.05, 0.1) is 16.5 Å². The number of hydrogen-bond acceptors (Lipinski definition) is 3. The van der Waals surface area contributed by atoms with Crippen molar-refractivity contribution in [1.82, 2.24) is 0 Å². The molecule has 0 fully saturated rings. The third-order valence-electron chi connectivity index (χ3n) is 1.99. The van der Waals surface area contributed by atoms with E-state index in [1.807, 2.05) is 0 Å². The highest BCUT2D eigenvalue weighted by atomic mass is 35.5. The molecule has 0 aliphatic carbocycles. The molecule has 90 valence electrons. The molecule has 0 aromatic heterocycles. The van der Waals surface area contributed by atoms with Crippen molar-refractivity contribution >= 4 is 21.6 Å². The van der Waals surface area contributed by atoms with Crippen molar-refractivity contribution in [3.8, 4) is 5.75 Å². The molecule has 0 saturated heterocycles. The maximum atomic E-state index is 11.0. The van der Waals surface area contributed by atoms with E-state index in [4.69, 9.17) is 21.5 Å². The Morgan fingerprint density at radius 3 is 2.62 bits per heavy atom. The number of ether oxygens (including phenoxy) is 1. The summed E-state index contributed by atoms with van der Waals surface area (Å²) in [6.45, 7) is 2.61. The Balaban J connectivity index is 2.84. The molecule has 0 radical (unpaired) electrons. The fourth-order valence-corrected chi connectivity index (χ4v) is 1.94. The van der Waals surface area contributed by atoms with Crippen molar-refractivity contribution in [3.05, 3.63) is 23.2 Å². The van der Waals surface area contributed by atoms with E-state index in [0.29, 0.717) is 12.4 Å². The predicted molar refractivity (Wildman–Crippen MR) is 63.2 cm³/mol. The van der Waals surface area contributed by atoms with Gasteiger partial charge in [0.2, 0.25) is 10.0 Å². The standard InChI is InChI=1S/C10H14ClNO3S/c1-2-3-6-15-10-5-4-8(7-9(10)11)16(12,13)14/h4-5,7H,2-3,6H2,1H3,(H2,12,13,14). The van der Waals surface area contributed by atoms with Gasteiger partial charge in [-0.2, -0.15) is 0 Å². The molecule has 0 atom stereocenters. The Kier molecular flexibility index (Phi) is 4.58. The molecule has 16 heavy (non-hydrogen) atoms. The van der Waals surface area contributed by atoms with Gasteiger partial charge < -0.3 is 4.74 Å². The van der Waals surface area contributed by atoms with Gasteiger partial charge in [0.1, 0.15) is 5.75 Å². The maximum absolute atomic E-state index is 11.0. The van der Waals surface area contributed by atoms with E-state index in [1.165, 1.54) is 18.2 Å². The van der Waals surface area contributed by atoms with Crippen LogP contribution in [0.3, 0.4) is 0 Å². The van der Waals surface area contributed by atoms with Crippen LogP contribution in [0.15, 0.2) is 23.1 Å². The summed E-state index contributed by atoms with van der Waals surface area (Å²) in [7, 11) is -3.71. The van der Waals surface area contributed by atoms with E-state index in [9.17, 15) is 8.42 Å². The smallest absolute Gasteiger partial charge is 0.238 e. The zero-order valence-corrected chi connectivity index (χ0v) is 10.5. The number of halogens is 1. The van der Waals surface area contributed by atoms with Crippen LogP contribution in [0.1, 0.15) is 19.8 Å². The Labute approximate surface area is 100 Å². The summed E-state index contributed by atoms with van der Waals surface area (Å²) in [5, 5.41) is 5.22. The maximum Gasteiger partial charge on any atom is 0.238 e. The number of rotatable bonds is 5. The van der Waals surface area contributed by atoms with Gasteiger partial charge >= 0.3 is 0 Å². The van der Waals surface area contributed by atoms with Crippen LogP contribution in [0, 0.1) is 0 Å². The molecule has 1 rings (SSSR count). The molecule has 0 saturated carbocycles. The second-order valence-electron chi connectivity index (χ2n) is 3.34. The Morgan fingerprint density at radius 1 is 1.44 bits per heavy atom. The number of unbranched alkanes of at least 4 members (excludes halogenated alkanes) is 1. The van der Waals surface area contributed by atoms with Crippen LogP contribution in [-0.2, 0) is 10.0 Å². The molecular formula is C10H14ClNO3S. The van der Waals surface area contributed by atoms with Crippen molar-refractivity contribution in [3.63, 3.8) is 0 Å². The quantitative estimate of drug-likeness (QED) is 0.828. The molecule has 1 aromatic carbocycles. The van der Waals surface area contributed by atoms with E-state index in [1.54, 1.807) is 0 Å². The molecule has 1 aromatic rings. The van der Waals surface area contributed by atoms with Crippen molar-refractivity contribution < 1.29 is 13.2 Å². The number of primary sulfonamides is 1. The van der Waals surface area contributed by atoms with Crippen molar-refractivity contribution in [2.24, 2.45) is 5.14 Å². The second-order valence-corrected chi connectivity index (χ2v) is 5.31. The van der Waals surface area contributed by atoms with Gasteiger partial charge in [0, 0.05) is 0 Å². The van der Waals surface area contributed by atoms with E-state index >= 15 is 0 Å². The van der Waals surface area contributed by atoms with Gasteiger partial charge in [-0.05, 0) is 24.6 Å². The lowest BCUT2D eigenvalue weighted by Gasteiger charge is -2.08. The Hall–Kier alpha value is -0.780. The minimum atomic E-state index is -3.71. The average Bonchev–Trinajstić information content (AvgIpc) is 2.19. The van der Waals surface area contributed by atoms with Crippen molar-refractivity contribution in [1.29, 1.82) is 0 Å². The molecular weight excluding hydrogens is 250 g/mol. The first-order chi connectivity index (χ1) is 7.45. The highest BCUT2D eigenvalue weighted by Gasteiger charge is 2.10. The molecule has 0 amide bonds. The summed E-state index contributed by atoms with van der Waals surface area (Å²) in [5.41, 5.74) is 0. The summed E-state index contributed by atoms with van der Waals surface area (Å²) in [4.78, 5) is -0.0136. The molecule has 0 heterocycles. The SMILES string of the molecule is CCCCOc1ccc(S(N)(=O)=O)cc1Cl. The molecule has 4 nitrogen and oxygen atoms in total. The third kappa shape index (κ3) is 3.66. The normalized spacial score (nSPS) is 11.4. The number of hydrogen-bond donors (Lipinski definition) is 1. The summed E-state index contributed by atoms with van der Waals surface area (Å²) in [6.07, 6.45) is 1.94. The number of benzene rings is 1. The summed E-state index contributed by atoms with van der Waals surface area (Å²) >= 11 is 5.87. The van der Waals surface area contributed by atoms with Gasteiger partial charge in [-0.15, -0.1) is 0 Å². The Morgan fingerprint density at radius 2 is 2.12 bits per heavy atom. The van der Waals surface area contributed by atoms with Crippen LogP contribution >= 0.6 is 11.6 Å². The first kappa shape index (κ1) is 13.3. The monoisotopic (exact) mass is 263 g/mol. The van der Waals surface area contributed by atoms with Crippen molar-refractivity contribution in [2.75, 3.05) is 6.61 Å². The van der Waals surface area contributed by atoms with Gasteiger partial charge in [-0.25, -0.2) is 13.6 Å². The van der Waals surface area contributed by atoms with E-state index < -0.39 is 10.0 Å². The zero-order valence-electron chi connectivity index (χ0n) is 8.94. The molecule has 0 spiro atoms. The molecule has 0 aliphatic rings. The number of sulfonamides is 1. The van der Waals surface area contributed by atoms with Crippen LogP contribution in [0.5, 0.6) is 5.75 Å². The van der Waals surface area contributed by atoms with Gasteiger partial charge in [0.25, 0.3) is 0 Å². The van der Waals surface area contributed by atoms with Crippen molar-refractivity contribution in [2.45, 2.75) is 24.7 Å². The lowest BCUT2D eigenvalue weighted by Crippen LogP contribution is -2.12. The fourth-order valence-electron chi connectivity index (χ4n) is 1.10. The predicted octanol–water partition coefficient (Wildman–Crippen LogP) is 2.17. The van der Waals surface area contributed by atoms with Crippen LogP contribution in [0.4, 0.5) is 0 Å². The topological polar surface area (TPSA) is 69.4 Å². The second kappa shape index (κ2) is 5.52. The molecule has 0 bridgehead atoms. The minimum absolute atomic E-state index is 0.0136. The van der Waals surface area contributed by atoms with E-state index in [0.717, 1.165) is 12.8 Å². The average molecular weight is 264 g/mol. The molecule has 0 unspecified atom stereocenters. The highest BCUT2D eigenvalue weighted by molar-refractivity contribution is 7.89. The van der Waals surface area contributed by atoms with Gasteiger partial charge in [-0.1, -0.05) is 24.9 Å². The van der Waals surface area contributed by atoms with E-state index in [-0.39, 0.29) is 9.92 Å². The highest BCUT2D eigenvalue weighted by Crippen LogP contribution is 2.26.